The van der Waals surface area contributed by atoms with Gasteiger partial charge >= 0.3 is 0 Å². The molecule has 2 N–H and O–H groups in total. The third-order valence-electron chi connectivity index (χ3n) is 3.42. The summed E-state index contributed by atoms with van der Waals surface area (Å²) in [6, 6.07) is 14.0. The number of ether oxygens (including phenoxy) is 1. The molecule has 8 nitrogen and oxygen atoms in total. The van der Waals surface area contributed by atoms with Crippen molar-refractivity contribution < 1.29 is 14.5 Å². The molecule has 2 aromatic rings. The molecule has 2 aromatic carbocycles. The summed E-state index contributed by atoms with van der Waals surface area (Å²) in [6.07, 6.45) is 0. The fourth-order valence-corrected chi connectivity index (χ4v) is 2.25. The van der Waals surface area contributed by atoms with Crippen LogP contribution in [0.1, 0.15) is 11.6 Å². The Bertz CT molecular complexity index is 816. The molecule has 1 amide bonds. The Kier molecular flexibility index (Phi) is 5.90. The quantitative estimate of drug-likeness (QED) is 0.590. The Morgan fingerprint density at radius 1 is 1.28 bits per heavy atom. The summed E-state index contributed by atoms with van der Waals surface area (Å²) < 4.78 is 5.19. The van der Waals surface area contributed by atoms with E-state index in [1.54, 1.807) is 30.3 Å². The zero-order chi connectivity index (χ0) is 18.2. The highest BCUT2D eigenvalue weighted by molar-refractivity contribution is 5.82. The van der Waals surface area contributed by atoms with Crippen molar-refractivity contribution in [3.8, 4) is 11.8 Å². The van der Waals surface area contributed by atoms with Gasteiger partial charge in [-0.25, -0.2) is 0 Å². The molecule has 0 saturated carbocycles. The first-order valence-corrected chi connectivity index (χ1v) is 7.36. The number of nitro benzene ring substituents is 1. The standard InChI is InChI=1S/C17H16N4O4/c1-25-16-9-5-2-6-12(16)14(10-18)20-17(22)11-19-13-7-3-4-8-15(13)21(23)24/h2-9,14,19H,11H2,1H3,(H,20,22). The molecule has 0 saturated heterocycles. The minimum atomic E-state index is -0.892. The molecule has 0 aromatic heterocycles. The van der Waals surface area contributed by atoms with Crippen molar-refractivity contribution in [2.75, 3.05) is 19.0 Å². The molecule has 1 atom stereocenters. The molecule has 8 heteroatoms. The number of nitrogens with zero attached hydrogens (tertiary/aromatic N) is 2. The fourth-order valence-electron chi connectivity index (χ4n) is 2.25. The summed E-state index contributed by atoms with van der Waals surface area (Å²) in [6.45, 7) is -0.210. The van der Waals surface area contributed by atoms with Gasteiger partial charge in [-0.15, -0.1) is 0 Å². The van der Waals surface area contributed by atoms with Crippen LogP contribution in [0.5, 0.6) is 5.75 Å². The van der Waals surface area contributed by atoms with E-state index < -0.39 is 16.9 Å². The minimum absolute atomic E-state index is 0.128. The van der Waals surface area contributed by atoms with E-state index >= 15 is 0 Å². The second-order valence-electron chi connectivity index (χ2n) is 5.00. The third-order valence-corrected chi connectivity index (χ3v) is 3.42. The van der Waals surface area contributed by atoms with Gasteiger partial charge < -0.3 is 15.4 Å². The Morgan fingerprint density at radius 3 is 2.64 bits per heavy atom. The number of para-hydroxylation sites is 3. The van der Waals surface area contributed by atoms with Crippen molar-refractivity contribution in [3.05, 3.63) is 64.2 Å². The number of methoxy groups -OCH3 is 1. The van der Waals surface area contributed by atoms with E-state index in [1.165, 1.54) is 25.3 Å². The molecule has 0 heterocycles. The zero-order valence-electron chi connectivity index (χ0n) is 13.4. The smallest absolute Gasteiger partial charge is 0.292 e. The van der Waals surface area contributed by atoms with Crippen LogP contribution in [0.15, 0.2) is 48.5 Å². The molecule has 0 aliphatic rings. The van der Waals surface area contributed by atoms with Gasteiger partial charge in [-0.05, 0) is 12.1 Å². The van der Waals surface area contributed by atoms with Crippen LogP contribution in [0, 0.1) is 21.4 Å². The average molecular weight is 340 g/mol. The Labute approximate surface area is 144 Å². The topological polar surface area (TPSA) is 117 Å². The van der Waals surface area contributed by atoms with Gasteiger partial charge in [0.25, 0.3) is 5.69 Å². The first-order chi connectivity index (χ1) is 12.1. The first kappa shape index (κ1) is 17.7. The molecule has 128 valence electrons. The number of rotatable bonds is 7. The predicted molar refractivity (Wildman–Crippen MR) is 91.1 cm³/mol. The monoisotopic (exact) mass is 340 g/mol. The van der Waals surface area contributed by atoms with E-state index in [9.17, 15) is 20.2 Å². The first-order valence-electron chi connectivity index (χ1n) is 7.36. The van der Waals surface area contributed by atoms with E-state index in [1.807, 2.05) is 6.07 Å². The van der Waals surface area contributed by atoms with Crippen LogP contribution in [0.4, 0.5) is 11.4 Å². The van der Waals surface area contributed by atoms with Gasteiger partial charge in [0.05, 0.1) is 24.6 Å². The second-order valence-corrected chi connectivity index (χ2v) is 5.00. The number of nitrogens with one attached hydrogen (secondary N) is 2. The molecular formula is C17H16N4O4. The van der Waals surface area contributed by atoms with Crippen molar-refractivity contribution in [1.82, 2.24) is 5.32 Å². The van der Waals surface area contributed by atoms with E-state index in [2.05, 4.69) is 10.6 Å². The largest absolute Gasteiger partial charge is 0.496 e. The molecule has 0 bridgehead atoms. The lowest BCUT2D eigenvalue weighted by molar-refractivity contribution is -0.383. The van der Waals surface area contributed by atoms with Gasteiger partial charge in [-0.2, -0.15) is 5.26 Å². The van der Waals surface area contributed by atoms with E-state index in [-0.39, 0.29) is 17.9 Å². The molecule has 2 rings (SSSR count). The number of amides is 1. The maximum atomic E-state index is 12.1. The van der Waals surface area contributed by atoms with Crippen LogP contribution < -0.4 is 15.4 Å². The van der Waals surface area contributed by atoms with Crippen molar-refractivity contribution in [2.24, 2.45) is 0 Å². The number of hydrogen-bond acceptors (Lipinski definition) is 6. The lowest BCUT2D eigenvalue weighted by Gasteiger charge is -2.15. The van der Waals surface area contributed by atoms with E-state index in [0.29, 0.717) is 11.3 Å². The van der Waals surface area contributed by atoms with Crippen LogP contribution in [0.25, 0.3) is 0 Å². The Hall–Kier alpha value is -3.60. The van der Waals surface area contributed by atoms with Crippen molar-refractivity contribution >= 4 is 17.3 Å². The highest BCUT2D eigenvalue weighted by atomic mass is 16.6. The minimum Gasteiger partial charge on any atom is -0.496 e. The van der Waals surface area contributed by atoms with Gasteiger partial charge in [0.2, 0.25) is 5.91 Å². The summed E-state index contributed by atoms with van der Waals surface area (Å²) in [5.74, 6) is 0.0108. The molecule has 0 fully saturated rings. The van der Waals surface area contributed by atoms with Crippen LogP contribution in [-0.4, -0.2) is 24.5 Å². The number of hydrogen-bond donors (Lipinski definition) is 2. The molecule has 0 radical (unpaired) electrons. The maximum absolute atomic E-state index is 12.1. The van der Waals surface area contributed by atoms with Crippen LogP contribution in [0.2, 0.25) is 0 Å². The summed E-state index contributed by atoms with van der Waals surface area (Å²) in [4.78, 5) is 22.5. The highest BCUT2D eigenvalue weighted by Gasteiger charge is 2.18. The van der Waals surface area contributed by atoms with Crippen molar-refractivity contribution in [2.45, 2.75) is 6.04 Å². The summed E-state index contributed by atoms with van der Waals surface area (Å²) >= 11 is 0. The summed E-state index contributed by atoms with van der Waals surface area (Å²) in [7, 11) is 1.48. The van der Waals surface area contributed by atoms with Crippen LogP contribution >= 0.6 is 0 Å². The molecule has 1 unspecified atom stereocenters. The van der Waals surface area contributed by atoms with Gasteiger partial charge in [0.1, 0.15) is 17.5 Å². The highest BCUT2D eigenvalue weighted by Crippen LogP contribution is 2.25. The molecular weight excluding hydrogens is 324 g/mol. The lowest BCUT2D eigenvalue weighted by Crippen LogP contribution is -2.33. The summed E-state index contributed by atoms with van der Waals surface area (Å²) in [5, 5.41) is 25.5. The van der Waals surface area contributed by atoms with Crippen molar-refractivity contribution in [1.29, 1.82) is 5.26 Å². The average Bonchev–Trinajstić information content (AvgIpc) is 2.64. The van der Waals surface area contributed by atoms with Gasteiger partial charge in [-0.1, -0.05) is 30.3 Å². The Balaban J connectivity index is 2.04. The Morgan fingerprint density at radius 2 is 1.96 bits per heavy atom. The van der Waals surface area contributed by atoms with Gasteiger partial charge in [-0.3, -0.25) is 14.9 Å². The third kappa shape index (κ3) is 4.45. The maximum Gasteiger partial charge on any atom is 0.292 e. The van der Waals surface area contributed by atoms with Crippen LogP contribution in [-0.2, 0) is 4.79 Å². The van der Waals surface area contributed by atoms with Gasteiger partial charge in [0, 0.05) is 11.6 Å². The van der Waals surface area contributed by atoms with E-state index in [0.717, 1.165) is 0 Å². The molecule has 25 heavy (non-hydrogen) atoms. The zero-order valence-corrected chi connectivity index (χ0v) is 13.4. The molecule has 0 aliphatic heterocycles. The van der Waals surface area contributed by atoms with Gasteiger partial charge in [0.15, 0.2) is 0 Å². The van der Waals surface area contributed by atoms with E-state index in [4.69, 9.17) is 4.74 Å². The SMILES string of the molecule is COc1ccccc1C(C#N)NC(=O)CNc1ccccc1[N+](=O)[O-]. The predicted octanol–water partition coefficient (Wildman–Crippen LogP) is 2.40. The number of carbonyl (C=O) groups excluding carboxylic acids is 1. The molecule has 0 spiro atoms. The summed E-state index contributed by atoms with van der Waals surface area (Å²) in [5.41, 5.74) is 0.636. The number of anilines is 1. The van der Waals surface area contributed by atoms with Crippen molar-refractivity contribution in [3.63, 3.8) is 0 Å². The number of nitro groups is 1. The fraction of sp³-hybridized carbons (Fsp3) is 0.176. The second kappa shape index (κ2) is 8.31. The van der Waals surface area contributed by atoms with Crippen LogP contribution in [0.3, 0.4) is 0 Å². The normalized spacial score (nSPS) is 11.0. The number of benzene rings is 2. The lowest BCUT2D eigenvalue weighted by atomic mass is 10.1. The molecule has 0 aliphatic carbocycles. The number of nitriles is 1. The number of carbonyl (C=O) groups is 1.